The lowest BCUT2D eigenvalue weighted by molar-refractivity contribution is 0.0515. The topological polar surface area (TPSA) is 365 Å². The standard InChI is InChI=1S/C52H91N21O10/c1-35-60-38(54-20-32-79-33-31-74)64-40(61-35)72-27-29-73(30-28-72)41-63-37(53)62-39(65-41)59-34-36-14-21-69(22-15-36)42-66-43(70(23-16-55-45(75)80-49(2,3)4)24-17-56-46(76)81-50(5,6)7)68-44(67-42)71(25-18-57-47(77)82-51(8,9)10)26-19-58-48(78)83-52(11,12)13/h36,74H,14-34H2,1-13H3,(H,55,75)(H,56,76)(H,57,77)(H,58,78)(H,54,60,61,64)(H3,53,59,62,63,65). The summed E-state index contributed by atoms with van der Waals surface area (Å²) in [7, 11) is 0. The smallest absolute Gasteiger partial charge is 0.407 e. The van der Waals surface area contributed by atoms with Crippen LogP contribution in [0, 0.1) is 12.8 Å². The van der Waals surface area contributed by atoms with E-state index in [1.807, 2.05) is 21.6 Å². The summed E-state index contributed by atoms with van der Waals surface area (Å²) in [4.78, 5) is 103. The van der Waals surface area contributed by atoms with E-state index in [-0.39, 0.29) is 89.3 Å². The first kappa shape index (κ1) is 66.2. The van der Waals surface area contributed by atoms with Crippen LogP contribution < -0.4 is 62.1 Å². The van der Waals surface area contributed by atoms with Crippen LogP contribution >= 0.6 is 0 Å². The number of ether oxygens (including phenoxy) is 5. The predicted octanol–water partition coefficient (Wildman–Crippen LogP) is 2.92. The third-order valence-corrected chi connectivity index (χ3v) is 11.8. The fourth-order valence-electron chi connectivity index (χ4n) is 8.19. The Hall–Kier alpha value is -7.57. The molecule has 0 saturated carbocycles. The molecule has 2 aliphatic rings. The van der Waals surface area contributed by atoms with Crippen LogP contribution in [-0.2, 0) is 23.7 Å². The van der Waals surface area contributed by atoms with Crippen LogP contribution in [0.3, 0.4) is 0 Å². The van der Waals surface area contributed by atoms with Gasteiger partial charge in [-0.05, 0) is 109 Å². The second-order valence-corrected chi connectivity index (χ2v) is 23.8. The molecule has 31 nitrogen and oxygen atoms in total. The SMILES string of the molecule is Cc1nc(NCCOCCO)nc(N2CCN(c3nc(N)nc(NCC4CCN(c5nc(N(CCNC(=O)OC(C)(C)C)CCNC(=O)OC(C)(C)C)nc(N(CCNC(=O)OC(C)(C)C)CCNC(=O)OC(C)(C)C)n5)CC4)n3)CC2)n1. The molecule has 0 atom stereocenters. The summed E-state index contributed by atoms with van der Waals surface area (Å²) in [5, 5.41) is 26.8. The number of aromatic nitrogens is 9. The van der Waals surface area contributed by atoms with E-state index < -0.39 is 46.8 Å². The first-order valence-corrected chi connectivity index (χ1v) is 28.3. The molecule has 5 heterocycles. The van der Waals surface area contributed by atoms with Crippen molar-refractivity contribution in [3.05, 3.63) is 5.82 Å². The molecule has 0 aliphatic carbocycles. The number of nitrogens with one attached hydrogen (secondary N) is 6. The van der Waals surface area contributed by atoms with Gasteiger partial charge in [-0.1, -0.05) is 0 Å². The summed E-state index contributed by atoms with van der Waals surface area (Å²) in [6.07, 6.45) is -0.965. The van der Waals surface area contributed by atoms with Crippen LogP contribution in [0.15, 0.2) is 0 Å². The zero-order chi connectivity index (χ0) is 61.0. The maximum Gasteiger partial charge on any atom is 0.407 e. The van der Waals surface area contributed by atoms with Gasteiger partial charge in [0.1, 0.15) is 28.2 Å². The Morgan fingerprint density at radius 3 is 1.30 bits per heavy atom. The number of nitrogens with zero attached hydrogens (tertiary/aromatic N) is 14. The highest BCUT2D eigenvalue weighted by Crippen LogP contribution is 2.26. The third kappa shape index (κ3) is 25.2. The van der Waals surface area contributed by atoms with Crippen molar-refractivity contribution in [1.82, 2.24) is 66.1 Å². The summed E-state index contributed by atoms with van der Waals surface area (Å²) < 4.78 is 27.4. The molecule has 31 heteroatoms. The van der Waals surface area contributed by atoms with Gasteiger partial charge in [-0.2, -0.15) is 44.9 Å². The minimum absolute atomic E-state index is 0.0417. The molecule has 2 saturated heterocycles. The number of carbonyl (C=O) groups is 4. The van der Waals surface area contributed by atoms with Crippen molar-refractivity contribution in [3.8, 4) is 0 Å². The molecule has 0 spiro atoms. The molecule has 0 bridgehead atoms. The van der Waals surface area contributed by atoms with Gasteiger partial charge in [0.25, 0.3) is 0 Å². The van der Waals surface area contributed by atoms with Gasteiger partial charge in [0.15, 0.2) is 0 Å². The number of anilines is 8. The minimum atomic E-state index is -0.730. The summed E-state index contributed by atoms with van der Waals surface area (Å²) in [6.45, 7) is 29.5. The molecule has 3 aromatic heterocycles. The summed E-state index contributed by atoms with van der Waals surface area (Å²) >= 11 is 0. The molecule has 3 aromatic rings. The fourth-order valence-corrected chi connectivity index (χ4v) is 8.19. The molecule has 0 unspecified atom stereocenters. The number of aliphatic hydroxyl groups is 1. The van der Waals surface area contributed by atoms with Crippen molar-refractivity contribution >= 4 is 72.0 Å². The number of piperazine rings is 1. The first-order chi connectivity index (χ1) is 39.0. The van der Waals surface area contributed by atoms with Gasteiger partial charge in [-0.3, -0.25) is 0 Å². The molecule has 5 rings (SSSR count). The normalized spacial score (nSPS) is 14.3. The highest BCUT2D eigenvalue weighted by Gasteiger charge is 2.28. The fraction of sp³-hybridized carbons (Fsp3) is 0.750. The lowest BCUT2D eigenvalue weighted by atomic mass is 9.97. The Morgan fingerprint density at radius 2 is 0.892 bits per heavy atom. The van der Waals surface area contributed by atoms with E-state index in [2.05, 4.69) is 66.6 Å². The number of hydrogen-bond acceptors (Lipinski definition) is 27. The predicted molar refractivity (Wildman–Crippen MR) is 314 cm³/mol. The Morgan fingerprint density at radius 1 is 0.506 bits per heavy atom. The zero-order valence-electron chi connectivity index (χ0n) is 50.9. The molecule has 4 amide bonds. The van der Waals surface area contributed by atoms with Crippen LogP contribution in [0.25, 0.3) is 0 Å². The number of alkyl carbamates (subject to hydrolysis) is 4. The lowest BCUT2D eigenvalue weighted by Crippen LogP contribution is -2.48. The largest absolute Gasteiger partial charge is 0.444 e. The van der Waals surface area contributed by atoms with Gasteiger partial charge < -0.3 is 90.9 Å². The van der Waals surface area contributed by atoms with Gasteiger partial charge in [0.05, 0.1) is 19.8 Å². The number of rotatable bonds is 26. The molecule has 9 N–H and O–H groups in total. The molecule has 464 valence electrons. The average Bonchev–Trinajstić information content (AvgIpc) is 3.47. The monoisotopic (exact) mass is 1170 g/mol. The van der Waals surface area contributed by atoms with Gasteiger partial charge in [-0.25, -0.2) is 19.2 Å². The van der Waals surface area contributed by atoms with Crippen molar-refractivity contribution < 1.29 is 48.0 Å². The van der Waals surface area contributed by atoms with Crippen LogP contribution in [0.1, 0.15) is 102 Å². The molecule has 0 radical (unpaired) electrons. The molecule has 83 heavy (non-hydrogen) atoms. The van der Waals surface area contributed by atoms with Gasteiger partial charge >= 0.3 is 24.4 Å². The van der Waals surface area contributed by atoms with E-state index in [0.717, 1.165) is 12.8 Å². The van der Waals surface area contributed by atoms with E-state index in [1.165, 1.54) is 0 Å². The van der Waals surface area contributed by atoms with Crippen LogP contribution in [-0.4, -0.2) is 221 Å². The Kier molecular flexibility index (Phi) is 24.5. The highest BCUT2D eigenvalue weighted by atomic mass is 16.6. The number of aryl methyl sites for hydroxylation is 1. The Bertz CT molecular complexity index is 2380. The van der Waals surface area contributed by atoms with Crippen molar-refractivity contribution in [2.75, 3.05) is 165 Å². The summed E-state index contributed by atoms with van der Waals surface area (Å²) in [6, 6.07) is 0. The second-order valence-electron chi connectivity index (χ2n) is 23.8. The van der Waals surface area contributed by atoms with Crippen molar-refractivity contribution in [3.63, 3.8) is 0 Å². The number of nitrogens with two attached hydrogens (primary N) is 1. The number of hydrogen-bond donors (Lipinski definition) is 8. The maximum atomic E-state index is 12.8. The van der Waals surface area contributed by atoms with E-state index >= 15 is 0 Å². The van der Waals surface area contributed by atoms with E-state index in [1.54, 1.807) is 83.1 Å². The number of amides is 4. The molecular formula is C52H91N21O10. The van der Waals surface area contributed by atoms with Crippen LogP contribution in [0.2, 0.25) is 0 Å². The number of piperidine rings is 1. The lowest BCUT2D eigenvalue weighted by Gasteiger charge is -2.35. The van der Waals surface area contributed by atoms with Crippen molar-refractivity contribution in [2.24, 2.45) is 5.92 Å². The Balaban J connectivity index is 1.34. The first-order valence-electron chi connectivity index (χ1n) is 28.3. The highest BCUT2D eigenvalue weighted by molar-refractivity contribution is 5.69. The molecule has 0 aromatic carbocycles. The minimum Gasteiger partial charge on any atom is -0.444 e. The number of carbonyl (C=O) groups excluding carboxylic acids is 4. The van der Waals surface area contributed by atoms with Gasteiger partial charge in [-0.15, -0.1) is 0 Å². The summed E-state index contributed by atoms with van der Waals surface area (Å²) in [5.74, 6) is 3.53. The molecule has 2 fully saturated rings. The van der Waals surface area contributed by atoms with Gasteiger partial charge in [0.2, 0.25) is 47.6 Å². The van der Waals surface area contributed by atoms with Crippen molar-refractivity contribution in [1.29, 1.82) is 0 Å². The van der Waals surface area contributed by atoms with Crippen molar-refractivity contribution in [2.45, 2.75) is 125 Å². The number of aliphatic hydroxyl groups excluding tert-OH is 1. The van der Waals surface area contributed by atoms with E-state index in [4.69, 9.17) is 54.5 Å². The quantitative estimate of drug-likeness (QED) is 0.0423. The van der Waals surface area contributed by atoms with E-state index in [9.17, 15) is 19.2 Å². The molecular weight excluding hydrogens is 1080 g/mol. The van der Waals surface area contributed by atoms with Gasteiger partial charge in [0, 0.05) is 105 Å². The zero-order valence-corrected chi connectivity index (χ0v) is 50.9. The summed E-state index contributed by atoms with van der Waals surface area (Å²) in [5.41, 5.74) is 3.35. The maximum absolute atomic E-state index is 12.8. The van der Waals surface area contributed by atoms with Crippen LogP contribution in [0.4, 0.5) is 66.8 Å². The number of nitrogen functional groups attached to an aromatic ring is 1. The molecule has 2 aliphatic heterocycles. The Labute approximate surface area is 487 Å². The van der Waals surface area contributed by atoms with Crippen LogP contribution in [0.5, 0.6) is 0 Å². The average molecular weight is 1170 g/mol. The second kappa shape index (κ2) is 30.6. The van der Waals surface area contributed by atoms with E-state index in [0.29, 0.717) is 94.5 Å². The third-order valence-electron chi connectivity index (χ3n) is 11.8.